The molecule has 1 N–H and O–H groups in total. The number of carbonyl (C=O) groups is 1. The van der Waals surface area contributed by atoms with Gasteiger partial charge in [0.15, 0.2) is 12.0 Å². The molecule has 0 unspecified atom stereocenters. The average Bonchev–Trinajstić information content (AvgIpc) is 3.34. The van der Waals surface area contributed by atoms with Gasteiger partial charge < -0.3 is 9.80 Å². The lowest BCUT2D eigenvalue weighted by Gasteiger charge is -2.36. The molecule has 11 heteroatoms. The van der Waals surface area contributed by atoms with E-state index in [4.69, 9.17) is 0 Å². The fourth-order valence-electron chi connectivity index (χ4n) is 4.61. The van der Waals surface area contributed by atoms with Crippen LogP contribution in [0.3, 0.4) is 0 Å². The summed E-state index contributed by atoms with van der Waals surface area (Å²) >= 11 is 0. The third kappa shape index (κ3) is 4.66. The number of hydrogen-bond donors (Lipinski definition) is 1. The van der Waals surface area contributed by atoms with Crippen LogP contribution in [0.4, 0.5) is 21.6 Å². The number of halogens is 1. The van der Waals surface area contributed by atoms with Crippen molar-refractivity contribution < 1.29 is 22.2 Å². The monoisotopic (exact) mass is 509 g/mol. The molecule has 0 radical (unpaired) electrons. The number of para-hydroxylation sites is 1. The number of nitrogens with one attached hydrogen (secondary N) is 1. The highest BCUT2D eigenvalue weighted by Crippen LogP contribution is 2.29. The molecule has 2 aromatic carbocycles. The molecule has 0 bridgehead atoms. The van der Waals surface area contributed by atoms with Gasteiger partial charge in [-0.05, 0) is 36.4 Å². The summed E-state index contributed by atoms with van der Waals surface area (Å²) in [5.74, 6) is -0.162. The molecule has 0 aliphatic carbocycles. The summed E-state index contributed by atoms with van der Waals surface area (Å²) in [4.78, 5) is 24.9. The number of piperazine rings is 1. The second kappa shape index (κ2) is 9.65. The number of rotatable bonds is 6. The number of anilines is 2. The normalized spacial score (nSPS) is 16.3. The maximum atomic E-state index is 14.4. The van der Waals surface area contributed by atoms with E-state index in [-0.39, 0.29) is 22.4 Å². The molecule has 5 rings (SSSR count). The molecule has 1 amide bonds. The molecule has 186 valence electrons. The lowest BCUT2D eigenvalue weighted by Crippen LogP contribution is -2.52. The topological polar surface area (TPSA) is 98.5 Å². The van der Waals surface area contributed by atoms with E-state index < -0.39 is 16.1 Å². The van der Waals surface area contributed by atoms with Crippen molar-refractivity contribution in [3.63, 3.8) is 0 Å². The number of benzene rings is 2. The van der Waals surface area contributed by atoms with E-state index in [1.165, 1.54) is 24.7 Å². The molecule has 1 saturated heterocycles. The van der Waals surface area contributed by atoms with E-state index in [1.807, 2.05) is 12.3 Å². The van der Waals surface area contributed by atoms with Crippen LogP contribution in [0.25, 0.3) is 0 Å². The Balaban J connectivity index is 1.20. The summed E-state index contributed by atoms with van der Waals surface area (Å²) < 4.78 is 43.8. The van der Waals surface area contributed by atoms with Crippen LogP contribution in [-0.4, -0.2) is 72.2 Å². The van der Waals surface area contributed by atoms with Gasteiger partial charge in [-0.1, -0.05) is 12.1 Å². The Morgan fingerprint density at radius 1 is 1.08 bits per heavy atom. The largest absolute Gasteiger partial charge is 0.368 e. The van der Waals surface area contributed by atoms with Gasteiger partial charge in [0.1, 0.15) is 12.1 Å². The number of aromatic nitrogens is 2. The van der Waals surface area contributed by atoms with E-state index >= 15 is 0 Å². The molecule has 2 aliphatic rings. The number of nitrogens with zero attached hydrogens (tertiary/aromatic N) is 5. The molecule has 1 aromatic heterocycles. The first-order chi connectivity index (χ1) is 17.3. The van der Waals surface area contributed by atoms with Crippen molar-refractivity contribution in [2.75, 3.05) is 35.8 Å². The van der Waals surface area contributed by atoms with Crippen molar-refractivity contribution in [3.05, 3.63) is 72.4 Å². The molecule has 1 atom stereocenters. The van der Waals surface area contributed by atoms with E-state index in [1.54, 1.807) is 46.7 Å². The lowest BCUT2D eigenvalue weighted by atomic mass is 10.1. The Hall–Kier alpha value is -3.86. The quantitative estimate of drug-likeness (QED) is 0.513. The minimum atomic E-state index is -3.77. The number of carbonyl (C=O) groups excluding carboxylic acids is 1. The van der Waals surface area contributed by atoms with Crippen LogP contribution < -0.4 is 9.62 Å². The van der Waals surface area contributed by atoms with E-state index in [9.17, 15) is 17.6 Å². The number of hydrogen-bond acceptors (Lipinski definition) is 6. The second-order valence-corrected chi connectivity index (χ2v) is 10.4. The van der Waals surface area contributed by atoms with Gasteiger partial charge in [0.25, 0.3) is 15.9 Å². The number of fused-ring (bicyclic) bond motifs is 1. The summed E-state index contributed by atoms with van der Waals surface area (Å²) in [6.07, 6.45) is 5.22. The summed E-state index contributed by atoms with van der Waals surface area (Å²) in [6.45, 7) is 4.07. The Labute approximate surface area is 209 Å². The smallest absolute Gasteiger partial charge is 0.291 e. The van der Waals surface area contributed by atoms with Crippen molar-refractivity contribution >= 4 is 39.3 Å². The van der Waals surface area contributed by atoms with Crippen molar-refractivity contribution in [2.24, 2.45) is 0 Å². The van der Waals surface area contributed by atoms with Crippen LogP contribution in [0.2, 0.25) is 0 Å². The van der Waals surface area contributed by atoms with Gasteiger partial charge in [0, 0.05) is 50.6 Å². The molecule has 0 spiro atoms. The zero-order valence-corrected chi connectivity index (χ0v) is 20.5. The van der Waals surface area contributed by atoms with Gasteiger partial charge in [0.2, 0.25) is 11.7 Å². The average molecular weight is 510 g/mol. The van der Waals surface area contributed by atoms with Crippen LogP contribution in [0.1, 0.15) is 12.5 Å². The first kappa shape index (κ1) is 23.9. The molecule has 2 aliphatic heterocycles. The Kier molecular flexibility index (Phi) is 6.40. The Morgan fingerprint density at radius 2 is 1.83 bits per heavy atom. The van der Waals surface area contributed by atoms with Gasteiger partial charge >= 0.3 is 0 Å². The van der Waals surface area contributed by atoms with Gasteiger partial charge in [-0.3, -0.25) is 9.52 Å². The highest BCUT2D eigenvalue weighted by atomic mass is 32.2. The highest BCUT2D eigenvalue weighted by molar-refractivity contribution is 7.92. The van der Waals surface area contributed by atoms with Crippen molar-refractivity contribution in [1.29, 1.82) is 0 Å². The van der Waals surface area contributed by atoms with Crippen LogP contribution in [0, 0.1) is 5.82 Å². The van der Waals surface area contributed by atoms with Gasteiger partial charge in [0.05, 0.1) is 11.3 Å². The van der Waals surface area contributed by atoms with Gasteiger partial charge in [-0.2, -0.15) is 8.97 Å². The molecular formula is C25H26FN6O3S+. The number of amides is 1. The zero-order chi connectivity index (χ0) is 25.3. The SMILES string of the molecule is C[C@H](C(=O)N1CCN(c2ccc(S(=O)(=O)Nc3ccncn3)cc2)CC1)[N+]1=CCc2cccc(F)c21. The van der Waals surface area contributed by atoms with E-state index in [0.717, 1.165) is 11.3 Å². The standard InChI is InChI=1S/C25H26FN6O3S/c1-18(32-12-10-19-3-2-4-22(26)24(19)32)25(33)31-15-13-30(14-16-31)20-5-7-21(8-6-20)36(34,35)29-23-9-11-27-17-28-23/h2-9,11-12,17-18H,10,13-16H2,1H3,(H,27,28,29)/q+1/t18-/m1/s1. The highest BCUT2D eigenvalue weighted by Gasteiger charge is 2.37. The first-order valence-corrected chi connectivity index (χ1v) is 13.1. The Morgan fingerprint density at radius 3 is 2.53 bits per heavy atom. The molecule has 3 heterocycles. The minimum absolute atomic E-state index is 0.0424. The molecule has 1 fully saturated rings. The van der Waals surface area contributed by atoms with Crippen LogP contribution in [0.5, 0.6) is 0 Å². The van der Waals surface area contributed by atoms with Crippen LogP contribution in [-0.2, 0) is 21.2 Å². The number of sulfonamides is 1. The third-order valence-corrected chi connectivity index (χ3v) is 7.91. The second-order valence-electron chi connectivity index (χ2n) is 8.72. The zero-order valence-electron chi connectivity index (χ0n) is 19.7. The van der Waals surface area contributed by atoms with Crippen LogP contribution in [0.15, 0.2) is 66.0 Å². The molecule has 3 aromatic rings. The molecule has 0 saturated carbocycles. The molecule has 36 heavy (non-hydrogen) atoms. The summed E-state index contributed by atoms with van der Waals surface area (Å²) in [6, 6.07) is 12.6. The maximum Gasteiger partial charge on any atom is 0.291 e. The van der Waals surface area contributed by atoms with E-state index in [2.05, 4.69) is 19.6 Å². The fourth-order valence-corrected chi connectivity index (χ4v) is 5.61. The first-order valence-electron chi connectivity index (χ1n) is 11.7. The van der Waals surface area contributed by atoms with E-state index in [0.29, 0.717) is 38.3 Å². The Bertz CT molecular complexity index is 1410. The van der Waals surface area contributed by atoms with Crippen molar-refractivity contribution in [3.8, 4) is 0 Å². The summed E-state index contributed by atoms with van der Waals surface area (Å²) in [5, 5.41) is 0. The molecular weight excluding hydrogens is 483 g/mol. The summed E-state index contributed by atoms with van der Waals surface area (Å²) in [7, 11) is -3.77. The molecule has 9 nitrogen and oxygen atoms in total. The predicted octanol–water partition coefficient (Wildman–Crippen LogP) is 2.42. The van der Waals surface area contributed by atoms with Crippen molar-refractivity contribution in [1.82, 2.24) is 14.9 Å². The fraction of sp³-hybridized carbons (Fsp3) is 0.280. The maximum absolute atomic E-state index is 14.4. The lowest BCUT2D eigenvalue weighted by molar-refractivity contribution is -0.462. The van der Waals surface area contributed by atoms with Gasteiger partial charge in [-0.15, -0.1) is 0 Å². The van der Waals surface area contributed by atoms with Gasteiger partial charge in [-0.25, -0.2) is 18.4 Å². The third-order valence-electron chi connectivity index (χ3n) is 6.54. The van der Waals surface area contributed by atoms with Crippen LogP contribution >= 0.6 is 0 Å². The predicted molar refractivity (Wildman–Crippen MR) is 134 cm³/mol. The minimum Gasteiger partial charge on any atom is -0.368 e. The summed E-state index contributed by atoms with van der Waals surface area (Å²) in [5.41, 5.74) is 2.25. The van der Waals surface area contributed by atoms with Crippen molar-refractivity contribution in [2.45, 2.75) is 24.3 Å².